The number of esters is 2. The van der Waals surface area contributed by atoms with Crippen LogP contribution in [-0.4, -0.2) is 68.6 Å². The first kappa shape index (κ1) is 27.4. The predicted molar refractivity (Wildman–Crippen MR) is 124 cm³/mol. The molecule has 1 aliphatic rings. The van der Waals surface area contributed by atoms with Gasteiger partial charge in [0.2, 0.25) is 0 Å². The van der Waals surface area contributed by atoms with Crippen molar-refractivity contribution in [3.05, 3.63) is 47.0 Å². The number of rotatable bonds is 7. The second-order valence-electron chi connectivity index (χ2n) is 7.94. The van der Waals surface area contributed by atoms with Gasteiger partial charge in [0.05, 0.1) is 0 Å². The van der Waals surface area contributed by atoms with Gasteiger partial charge in [0.1, 0.15) is 19.0 Å². The van der Waals surface area contributed by atoms with E-state index in [4.69, 9.17) is 14.2 Å². The van der Waals surface area contributed by atoms with E-state index in [-0.39, 0.29) is 21.7 Å². The van der Waals surface area contributed by atoms with Crippen LogP contribution in [0.5, 0.6) is 0 Å². The second-order valence-corrected chi connectivity index (χ2v) is 8.64. The predicted octanol–water partition coefficient (Wildman–Crippen LogP) is 3.14. The smallest absolute Gasteiger partial charge is 0.463 e. The minimum atomic E-state index is -5.16. The molecule has 1 amide bonds. The molecule has 4 rings (SSSR count). The van der Waals surface area contributed by atoms with E-state index in [0.29, 0.717) is 5.56 Å². The molecule has 1 aliphatic heterocycles. The van der Waals surface area contributed by atoms with Crippen LogP contribution in [0.2, 0.25) is 0 Å². The molecule has 0 radical (unpaired) electrons. The first-order chi connectivity index (χ1) is 17.9. The molecule has 4 atom stereocenters. The number of halogens is 4. The van der Waals surface area contributed by atoms with Gasteiger partial charge in [-0.15, -0.1) is 13.2 Å². The monoisotopic (exact) mass is 601 g/mol. The van der Waals surface area contributed by atoms with Gasteiger partial charge in [-0.05, 0) is 28.1 Å². The number of aromatic nitrogens is 4. The van der Waals surface area contributed by atoms with Crippen LogP contribution < -0.4 is 5.32 Å². The van der Waals surface area contributed by atoms with Crippen molar-refractivity contribution < 1.29 is 46.5 Å². The molecule has 1 fully saturated rings. The number of anilines is 1. The van der Waals surface area contributed by atoms with Gasteiger partial charge in [-0.1, -0.05) is 18.2 Å². The fraction of sp³-hybridized carbons (Fsp3) is 0.364. The second kappa shape index (κ2) is 11.0. The molecule has 202 valence electrons. The van der Waals surface area contributed by atoms with Gasteiger partial charge in [0.15, 0.2) is 40.2 Å². The van der Waals surface area contributed by atoms with E-state index in [1.165, 1.54) is 0 Å². The molecule has 3 heterocycles. The van der Waals surface area contributed by atoms with Crippen LogP contribution in [0.15, 0.2) is 41.4 Å². The highest BCUT2D eigenvalue weighted by Gasteiger charge is 2.54. The SMILES string of the molecule is CC(=O)OC[C@H]1O[C@@H](n2c(Br)nc3c(NC(=O)c4ccccc4)ncnc32)C(OC(F)(F)F)[C@H]1OC(C)=O. The lowest BCUT2D eigenvalue weighted by atomic mass is 10.1. The van der Waals surface area contributed by atoms with Crippen molar-refractivity contribution in [2.45, 2.75) is 44.7 Å². The van der Waals surface area contributed by atoms with Crippen LogP contribution in [0.4, 0.5) is 19.0 Å². The Labute approximate surface area is 220 Å². The zero-order valence-electron chi connectivity index (χ0n) is 19.6. The number of alkyl halides is 3. The summed E-state index contributed by atoms with van der Waals surface area (Å²) in [5, 5.41) is 2.59. The van der Waals surface area contributed by atoms with Crippen LogP contribution in [-0.2, 0) is 28.5 Å². The number of nitrogens with zero attached hydrogens (tertiary/aromatic N) is 4. The van der Waals surface area contributed by atoms with E-state index in [2.05, 4.69) is 40.9 Å². The van der Waals surface area contributed by atoms with E-state index >= 15 is 0 Å². The van der Waals surface area contributed by atoms with Crippen molar-refractivity contribution in [2.24, 2.45) is 0 Å². The Balaban J connectivity index is 1.75. The molecular formula is C22H19BrF3N5O7. The molecule has 16 heteroatoms. The van der Waals surface area contributed by atoms with Gasteiger partial charge in [0, 0.05) is 19.4 Å². The summed E-state index contributed by atoms with van der Waals surface area (Å²) in [7, 11) is 0. The number of nitrogens with one attached hydrogen (secondary N) is 1. The average Bonchev–Trinajstić information content (AvgIpc) is 3.33. The van der Waals surface area contributed by atoms with Crippen molar-refractivity contribution in [1.29, 1.82) is 0 Å². The van der Waals surface area contributed by atoms with Gasteiger partial charge in [-0.3, -0.25) is 23.7 Å². The van der Waals surface area contributed by atoms with Gasteiger partial charge in [-0.25, -0.2) is 15.0 Å². The Kier molecular flexibility index (Phi) is 7.94. The standard InChI is InChI=1S/C22H19BrF3N5O7/c1-10(32)35-8-13-15(36-11(2)33)16(38-22(24,25)26)20(37-13)31-18-14(29-21(31)23)17(27-9-28-18)30-19(34)12-6-4-3-5-7-12/h3-7,9,13,15-16,20H,8H2,1-2H3,(H,27,28,30,34)/t13-,15+,16?,20-/m1/s1. The van der Waals surface area contributed by atoms with E-state index in [0.717, 1.165) is 24.7 Å². The molecule has 38 heavy (non-hydrogen) atoms. The van der Waals surface area contributed by atoms with Crippen molar-refractivity contribution >= 4 is 50.8 Å². The lowest BCUT2D eigenvalue weighted by Gasteiger charge is -2.25. The minimum absolute atomic E-state index is 0.0190. The fourth-order valence-corrected chi connectivity index (χ4v) is 4.38. The topological polar surface area (TPSA) is 144 Å². The summed E-state index contributed by atoms with van der Waals surface area (Å²) in [6, 6.07) is 8.22. The van der Waals surface area contributed by atoms with E-state index < -0.39 is 55.4 Å². The van der Waals surface area contributed by atoms with Crippen LogP contribution in [0.3, 0.4) is 0 Å². The van der Waals surface area contributed by atoms with Gasteiger partial charge < -0.3 is 19.5 Å². The average molecular weight is 602 g/mol. The van der Waals surface area contributed by atoms with Crippen molar-refractivity contribution in [2.75, 3.05) is 11.9 Å². The number of fused-ring (bicyclic) bond motifs is 1. The highest BCUT2D eigenvalue weighted by Crippen LogP contribution is 2.41. The lowest BCUT2D eigenvalue weighted by molar-refractivity contribution is -0.356. The largest absolute Gasteiger partial charge is 0.523 e. The molecule has 0 spiro atoms. The summed E-state index contributed by atoms with van der Waals surface area (Å²) in [4.78, 5) is 48.1. The zero-order chi connectivity index (χ0) is 27.6. The van der Waals surface area contributed by atoms with Crippen LogP contribution in [0, 0.1) is 0 Å². The number of imidazole rings is 1. The summed E-state index contributed by atoms with van der Waals surface area (Å²) in [6.07, 6.45) is -10.6. The molecule has 1 unspecified atom stereocenters. The van der Waals surface area contributed by atoms with E-state index in [1.807, 2.05) is 0 Å². The first-order valence-electron chi connectivity index (χ1n) is 10.9. The fourth-order valence-electron chi connectivity index (χ4n) is 3.83. The molecule has 1 N–H and O–H groups in total. The summed E-state index contributed by atoms with van der Waals surface area (Å²) in [5.74, 6) is -2.18. The Morgan fingerprint density at radius 3 is 2.45 bits per heavy atom. The van der Waals surface area contributed by atoms with Crippen LogP contribution in [0.1, 0.15) is 30.4 Å². The van der Waals surface area contributed by atoms with Crippen LogP contribution >= 0.6 is 15.9 Å². The molecule has 3 aromatic rings. The summed E-state index contributed by atoms with van der Waals surface area (Å²) in [6.45, 7) is 1.57. The number of ether oxygens (including phenoxy) is 4. The molecular weight excluding hydrogens is 583 g/mol. The quantitative estimate of drug-likeness (QED) is 0.317. The van der Waals surface area contributed by atoms with Gasteiger partial charge >= 0.3 is 18.3 Å². The number of amides is 1. The summed E-state index contributed by atoms with van der Waals surface area (Å²) in [5.41, 5.74) is 0.310. The summed E-state index contributed by atoms with van der Waals surface area (Å²) >= 11 is 3.19. The molecule has 2 aromatic heterocycles. The third-order valence-electron chi connectivity index (χ3n) is 5.26. The maximum absolute atomic E-state index is 13.4. The highest BCUT2D eigenvalue weighted by molar-refractivity contribution is 9.10. The number of hydrogen-bond acceptors (Lipinski definition) is 10. The normalized spacial score (nSPS) is 21.3. The Hall–Kier alpha value is -3.63. The Morgan fingerprint density at radius 1 is 1.11 bits per heavy atom. The maximum atomic E-state index is 13.4. The highest BCUT2D eigenvalue weighted by atomic mass is 79.9. The molecule has 0 saturated carbocycles. The maximum Gasteiger partial charge on any atom is 0.523 e. The summed E-state index contributed by atoms with van der Waals surface area (Å²) < 4.78 is 61.5. The minimum Gasteiger partial charge on any atom is -0.463 e. The molecule has 0 aliphatic carbocycles. The van der Waals surface area contributed by atoms with E-state index in [9.17, 15) is 27.6 Å². The molecule has 1 saturated heterocycles. The zero-order valence-corrected chi connectivity index (χ0v) is 21.2. The van der Waals surface area contributed by atoms with Gasteiger partial charge in [-0.2, -0.15) is 0 Å². The third-order valence-corrected chi connectivity index (χ3v) is 5.82. The molecule has 12 nitrogen and oxygen atoms in total. The van der Waals surface area contributed by atoms with Crippen LogP contribution in [0.25, 0.3) is 11.2 Å². The number of carbonyl (C=O) groups is 3. The third kappa shape index (κ3) is 6.08. The lowest BCUT2D eigenvalue weighted by Crippen LogP contribution is -2.42. The number of hydrogen-bond donors (Lipinski definition) is 1. The first-order valence-corrected chi connectivity index (χ1v) is 11.7. The van der Waals surface area contributed by atoms with Gasteiger partial charge in [0.25, 0.3) is 5.91 Å². The number of benzene rings is 1. The molecule has 0 bridgehead atoms. The van der Waals surface area contributed by atoms with Crippen molar-refractivity contribution in [3.8, 4) is 0 Å². The van der Waals surface area contributed by atoms with Crippen molar-refractivity contribution in [1.82, 2.24) is 19.5 Å². The Bertz CT molecular complexity index is 1350. The number of carbonyl (C=O) groups excluding carboxylic acids is 3. The molecule has 1 aromatic carbocycles. The van der Waals surface area contributed by atoms with Crippen molar-refractivity contribution in [3.63, 3.8) is 0 Å². The van der Waals surface area contributed by atoms with E-state index in [1.54, 1.807) is 30.3 Å². The Morgan fingerprint density at radius 2 is 1.82 bits per heavy atom.